The van der Waals surface area contributed by atoms with Gasteiger partial charge in [0.15, 0.2) is 0 Å². The van der Waals surface area contributed by atoms with E-state index < -0.39 is 0 Å². The molecule has 4 rings (SSSR count). The number of benzene rings is 2. The topological polar surface area (TPSA) is 85.8 Å². The van der Waals surface area contributed by atoms with E-state index in [-0.39, 0.29) is 12.5 Å². The minimum absolute atomic E-state index is 0.129. The summed E-state index contributed by atoms with van der Waals surface area (Å²) < 4.78 is 7.16. The molecule has 7 nitrogen and oxygen atoms in total. The highest BCUT2D eigenvalue weighted by Crippen LogP contribution is 2.22. The minimum Gasteiger partial charge on any atom is -0.334 e. The quantitative estimate of drug-likeness (QED) is 0.556. The molecule has 0 aliphatic heterocycles. The summed E-state index contributed by atoms with van der Waals surface area (Å²) in [6.07, 6.45) is 1.76. The number of anilines is 1. The number of nitrogens with one attached hydrogen (secondary N) is 1. The number of carbonyl (C=O) groups is 1. The van der Waals surface area contributed by atoms with Crippen LogP contribution in [0.15, 0.2) is 59.3 Å². The van der Waals surface area contributed by atoms with Crippen molar-refractivity contribution >= 4 is 11.6 Å². The molecule has 1 N–H and O–H groups in total. The smallest absolute Gasteiger partial charge is 0.258 e. The molecule has 2 aromatic carbocycles. The first-order valence-electron chi connectivity index (χ1n) is 9.29. The van der Waals surface area contributed by atoms with Crippen LogP contribution < -0.4 is 5.32 Å². The highest BCUT2D eigenvalue weighted by molar-refractivity contribution is 5.90. The summed E-state index contributed by atoms with van der Waals surface area (Å²) >= 11 is 0. The normalized spacial score (nSPS) is 10.9. The summed E-state index contributed by atoms with van der Waals surface area (Å²) in [6.45, 7) is 5.98. The Hall–Kier alpha value is -3.74. The van der Waals surface area contributed by atoms with Gasteiger partial charge in [-0.15, -0.1) is 0 Å². The maximum absolute atomic E-state index is 12.4. The number of hydrogen-bond acceptors (Lipinski definition) is 5. The second kappa shape index (κ2) is 7.71. The van der Waals surface area contributed by atoms with Crippen LogP contribution >= 0.6 is 0 Å². The standard InChI is InChI=1S/C22H21N5O2/c1-14-6-4-8-17(10-14)22-25-21(26-29-22)19-12-27(16(3)23-19)13-20(28)24-18-9-5-7-15(2)11-18/h4-12H,13H2,1-3H3,(H,24,28). The summed E-state index contributed by atoms with van der Waals surface area (Å²) in [5, 5.41) is 6.94. The average molecular weight is 387 g/mol. The maximum Gasteiger partial charge on any atom is 0.258 e. The van der Waals surface area contributed by atoms with Crippen molar-refractivity contribution in [2.24, 2.45) is 0 Å². The maximum atomic E-state index is 12.4. The van der Waals surface area contributed by atoms with Gasteiger partial charge in [-0.3, -0.25) is 4.79 Å². The number of imidazole rings is 1. The molecule has 1 amide bonds. The first-order chi connectivity index (χ1) is 14.0. The van der Waals surface area contributed by atoms with E-state index in [0.717, 1.165) is 22.4 Å². The van der Waals surface area contributed by atoms with Crippen molar-refractivity contribution in [2.75, 3.05) is 5.32 Å². The Morgan fingerprint density at radius 2 is 1.79 bits per heavy atom. The molecule has 0 bridgehead atoms. The van der Waals surface area contributed by atoms with Crippen LogP contribution in [0.2, 0.25) is 0 Å². The van der Waals surface area contributed by atoms with Crippen molar-refractivity contribution in [1.29, 1.82) is 0 Å². The molecule has 0 saturated heterocycles. The number of aryl methyl sites for hydroxylation is 3. The van der Waals surface area contributed by atoms with E-state index >= 15 is 0 Å². The Morgan fingerprint density at radius 1 is 1.03 bits per heavy atom. The predicted octanol–water partition coefficient (Wildman–Crippen LogP) is 4.16. The van der Waals surface area contributed by atoms with Crippen LogP contribution in [0.5, 0.6) is 0 Å². The number of carbonyl (C=O) groups excluding carboxylic acids is 1. The van der Waals surface area contributed by atoms with Gasteiger partial charge in [-0.05, 0) is 50.6 Å². The van der Waals surface area contributed by atoms with Gasteiger partial charge in [0.1, 0.15) is 18.1 Å². The molecule has 0 fully saturated rings. The molecule has 2 heterocycles. The van der Waals surface area contributed by atoms with E-state index in [9.17, 15) is 4.79 Å². The molecule has 0 aliphatic rings. The Labute approximate surface area is 168 Å². The van der Waals surface area contributed by atoms with E-state index in [0.29, 0.717) is 23.2 Å². The van der Waals surface area contributed by atoms with Crippen molar-refractivity contribution < 1.29 is 9.32 Å². The fourth-order valence-electron chi connectivity index (χ4n) is 3.08. The third kappa shape index (κ3) is 4.24. The van der Waals surface area contributed by atoms with Gasteiger partial charge < -0.3 is 14.4 Å². The molecule has 4 aromatic rings. The lowest BCUT2D eigenvalue weighted by atomic mass is 10.1. The molecule has 2 aromatic heterocycles. The summed E-state index contributed by atoms with van der Waals surface area (Å²) in [5.41, 5.74) is 4.40. The third-order valence-electron chi connectivity index (χ3n) is 4.51. The largest absolute Gasteiger partial charge is 0.334 e. The van der Waals surface area contributed by atoms with Gasteiger partial charge in [-0.1, -0.05) is 35.0 Å². The molecular formula is C22H21N5O2. The second-order valence-electron chi connectivity index (χ2n) is 7.01. The molecular weight excluding hydrogens is 366 g/mol. The van der Waals surface area contributed by atoms with Crippen molar-refractivity contribution in [3.63, 3.8) is 0 Å². The van der Waals surface area contributed by atoms with Gasteiger partial charge in [0.2, 0.25) is 11.7 Å². The summed E-state index contributed by atoms with van der Waals surface area (Å²) in [5.74, 6) is 1.40. The minimum atomic E-state index is -0.129. The van der Waals surface area contributed by atoms with Crippen LogP contribution in [-0.4, -0.2) is 25.6 Å². The number of rotatable bonds is 5. The summed E-state index contributed by atoms with van der Waals surface area (Å²) in [4.78, 5) is 21.3. The first-order valence-corrected chi connectivity index (χ1v) is 9.29. The first kappa shape index (κ1) is 18.6. The lowest BCUT2D eigenvalue weighted by molar-refractivity contribution is -0.116. The van der Waals surface area contributed by atoms with Gasteiger partial charge in [0, 0.05) is 17.4 Å². The lowest BCUT2D eigenvalue weighted by Crippen LogP contribution is -2.19. The number of aromatic nitrogens is 4. The van der Waals surface area contributed by atoms with Crippen molar-refractivity contribution in [3.05, 3.63) is 71.7 Å². The molecule has 0 radical (unpaired) electrons. The zero-order valence-electron chi connectivity index (χ0n) is 16.5. The Balaban J connectivity index is 1.50. The van der Waals surface area contributed by atoms with E-state index in [4.69, 9.17) is 4.52 Å². The number of hydrogen-bond donors (Lipinski definition) is 1. The molecule has 0 aliphatic carbocycles. The van der Waals surface area contributed by atoms with E-state index in [1.807, 2.05) is 69.3 Å². The zero-order valence-corrected chi connectivity index (χ0v) is 16.5. The molecule has 0 spiro atoms. The molecule has 0 saturated carbocycles. The summed E-state index contributed by atoms with van der Waals surface area (Å²) in [6, 6.07) is 15.5. The lowest BCUT2D eigenvalue weighted by Gasteiger charge is -2.07. The van der Waals surface area contributed by atoms with Crippen molar-refractivity contribution in [3.8, 4) is 23.0 Å². The van der Waals surface area contributed by atoms with Gasteiger partial charge in [-0.2, -0.15) is 4.98 Å². The van der Waals surface area contributed by atoms with Crippen LogP contribution in [0.25, 0.3) is 23.0 Å². The Kier molecular flexibility index (Phi) is 4.95. The summed E-state index contributed by atoms with van der Waals surface area (Å²) in [7, 11) is 0. The van der Waals surface area contributed by atoms with E-state index in [1.54, 1.807) is 10.8 Å². The van der Waals surface area contributed by atoms with Crippen LogP contribution in [0.3, 0.4) is 0 Å². The predicted molar refractivity (Wildman–Crippen MR) is 110 cm³/mol. The van der Waals surface area contributed by atoms with E-state index in [2.05, 4.69) is 20.4 Å². The molecule has 0 unspecified atom stereocenters. The molecule has 7 heteroatoms. The Bertz CT molecular complexity index is 1180. The van der Waals surface area contributed by atoms with Crippen molar-refractivity contribution in [1.82, 2.24) is 19.7 Å². The fraction of sp³-hybridized carbons (Fsp3) is 0.182. The van der Waals surface area contributed by atoms with Gasteiger partial charge in [-0.25, -0.2) is 4.98 Å². The fourth-order valence-corrected chi connectivity index (χ4v) is 3.08. The van der Waals surface area contributed by atoms with E-state index in [1.165, 1.54) is 0 Å². The Morgan fingerprint density at radius 3 is 2.55 bits per heavy atom. The van der Waals surface area contributed by atoms with Gasteiger partial charge >= 0.3 is 0 Å². The van der Waals surface area contributed by atoms with Crippen LogP contribution in [0.4, 0.5) is 5.69 Å². The third-order valence-corrected chi connectivity index (χ3v) is 4.51. The highest BCUT2D eigenvalue weighted by Gasteiger charge is 2.16. The highest BCUT2D eigenvalue weighted by atomic mass is 16.5. The molecule has 146 valence electrons. The SMILES string of the molecule is Cc1cccc(NC(=O)Cn2cc(-c3noc(-c4cccc(C)c4)n3)nc2C)c1. The van der Waals surface area contributed by atoms with Crippen LogP contribution in [0.1, 0.15) is 17.0 Å². The molecule has 29 heavy (non-hydrogen) atoms. The number of amides is 1. The zero-order chi connectivity index (χ0) is 20.4. The van der Waals surface area contributed by atoms with Gasteiger partial charge in [0.25, 0.3) is 5.89 Å². The number of nitrogens with zero attached hydrogens (tertiary/aromatic N) is 4. The second-order valence-corrected chi connectivity index (χ2v) is 7.01. The van der Waals surface area contributed by atoms with Crippen LogP contribution in [-0.2, 0) is 11.3 Å². The molecule has 0 atom stereocenters. The van der Waals surface area contributed by atoms with Crippen LogP contribution in [0, 0.1) is 20.8 Å². The monoisotopic (exact) mass is 387 g/mol. The average Bonchev–Trinajstić information content (AvgIpc) is 3.29. The van der Waals surface area contributed by atoms with Crippen molar-refractivity contribution in [2.45, 2.75) is 27.3 Å². The van der Waals surface area contributed by atoms with Gasteiger partial charge in [0.05, 0.1) is 0 Å².